The van der Waals surface area contributed by atoms with Crippen LogP contribution in [0.3, 0.4) is 0 Å². The fourth-order valence-electron chi connectivity index (χ4n) is 1.32. The number of hydrogen-bond acceptors (Lipinski definition) is 2. The Kier molecular flexibility index (Phi) is 4.22. The van der Waals surface area contributed by atoms with Gasteiger partial charge in [0.05, 0.1) is 0 Å². The largest absolute Gasteiger partial charge is 0.355 e. The highest BCUT2D eigenvalue weighted by atomic mass is 16.2. The van der Waals surface area contributed by atoms with Gasteiger partial charge >= 0.3 is 6.03 Å². The molecule has 0 unspecified atom stereocenters. The first kappa shape index (κ1) is 10.8. The number of nitrogens with zero attached hydrogens (tertiary/aromatic N) is 1. The maximum Gasteiger partial charge on any atom is 0.317 e. The first-order valence-corrected chi connectivity index (χ1v) is 5.03. The molecule has 1 rings (SSSR count). The van der Waals surface area contributed by atoms with Gasteiger partial charge in [-0.25, -0.2) is 4.79 Å². The third-order valence-corrected chi connectivity index (χ3v) is 2.07. The Morgan fingerprint density at radius 1 is 1.64 bits per heavy atom. The molecule has 0 aliphatic carbocycles. The number of nitrogens with one attached hydrogen (secondary N) is 2. The molecule has 0 bridgehead atoms. The van der Waals surface area contributed by atoms with E-state index < -0.39 is 0 Å². The van der Waals surface area contributed by atoms with Crippen LogP contribution in [0, 0.1) is 0 Å². The molecular formula is C9H17N3O2. The van der Waals surface area contributed by atoms with Gasteiger partial charge in [-0.2, -0.15) is 0 Å². The summed E-state index contributed by atoms with van der Waals surface area (Å²) in [4.78, 5) is 24.1. The SMILES string of the molecule is CCCNC(=O)CN1CCCNC1=O. The van der Waals surface area contributed by atoms with Gasteiger partial charge in [0, 0.05) is 19.6 Å². The Labute approximate surface area is 83.8 Å². The van der Waals surface area contributed by atoms with Crippen LogP contribution in [0.2, 0.25) is 0 Å². The molecule has 5 heteroatoms. The van der Waals surface area contributed by atoms with E-state index in [9.17, 15) is 9.59 Å². The molecule has 0 aromatic heterocycles. The Morgan fingerprint density at radius 3 is 3.07 bits per heavy atom. The van der Waals surface area contributed by atoms with Crippen molar-refractivity contribution in [2.45, 2.75) is 19.8 Å². The van der Waals surface area contributed by atoms with Crippen LogP contribution in [0.15, 0.2) is 0 Å². The average molecular weight is 199 g/mol. The van der Waals surface area contributed by atoms with E-state index in [1.165, 1.54) is 4.90 Å². The number of amides is 3. The van der Waals surface area contributed by atoms with Gasteiger partial charge in [-0.1, -0.05) is 6.92 Å². The summed E-state index contributed by atoms with van der Waals surface area (Å²) >= 11 is 0. The minimum absolute atomic E-state index is 0.0797. The van der Waals surface area contributed by atoms with Crippen molar-refractivity contribution in [2.75, 3.05) is 26.2 Å². The summed E-state index contributed by atoms with van der Waals surface area (Å²) in [6, 6.07) is -0.136. The number of carbonyl (C=O) groups excluding carboxylic acids is 2. The Bertz CT molecular complexity index is 218. The molecule has 1 aliphatic rings. The van der Waals surface area contributed by atoms with Crippen LogP contribution in [-0.4, -0.2) is 43.0 Å². The lowest BCUT2D eigenvalue weighted by Crippen LogP contribution is -2.50. The van der Waals surface area contributed by atoms with Gasteiger partial charge in [-0.3, -0.25) is 4.79 Å². The van der Waals surface area contributed by atoms with Crippen LogP contribution in [0.1, 0.15) is 19.8 Å². The van der Waals surface area contributed by atoms with E-state index in [1.807, 2.05) is 6.92 Å². The van der Waals surface area contributed by atoms with Crippen LogP contribution >= 0.6 is 0 Å². The monoisotopic (exact) mass is 199 g/mol. The summed E-state index contributed by atoms with van der Waals surface area (Å²) in [6.45, 7) is 4.23. The second-order valence-corrected chi connectivity index (χ2v) is 3.36. The van der Waals surface area contributed by atoms with Gasteiger partial charge in [0.15, 0.2) is 0 Å². The summed E-state index contributed by atoms with van der Waals surface area (Å²) in [5.74, 6) is -0.0797. The van der Waals surface area contributed by atoms with Crippen molar-refractivity contribution in [2.24, 2.45) is 0 Å². The quantitative estimate of drug-likeness (QED) is 0.665. The third-order valence-electron chi connectivity index (χ3n) is 2.07. The van der Waals surface area contributed by atoms with Gasteiger partial charge in [0.25, 0.3) is 0 Å². The maximum atomic E-state index is 11.3. The third kappa shape index (κ3) is 3.24. The van der Waals surface area contributed by atoms with Crippen LogP contribution in [0.5, 0.6) is 0 Å². The van der Waals surface area contributed by atoms with Crippen molar-refractivity contribution in [3.8, 4) is 0 Å². The van der Waals surface area contributed by atoms with Crippen molar-refractivity contribution in [3.05, 3.63) is 0 Å². The molecule has 0 aromatic carbocycles. The van der Waals surface area contributed by atoms with Crippen molar-refractivity contribution in [1.82, 2.24) is 15.5 Å². The van der Waals surface area contributed by atoms with Gasteiger partial charge in [0.2, 0.25) is 5.91 Å². The number of carbonyl (C=O) groups is 2. The predicted octanol–water partition coefficient (Wildman–Crippen LogP) is -0.0721. The van der Waals surface area contributed by atoms with Crippen LogP contribution in [0.4, 0.5) is 4.79 Å². The summed E-state index contributed by atoms with van der Waals surface area (Å²) in [7, 11) is 0. The molecule has 0 aromatic rings. The molecule has 0 radical (unpaired) electrons. The van der Waals surface area contributed by atoms with Gasteiger partial charge in [-0.05, 0) is 12.8 Å². The highest BCUT2D eigenvalue weighted by Gasteiger charge is 2.19. The average Bonchev–Trinajstić information content (AvgIpc) is 2.18. The van der Waals surface area contributed by atoms with E-state index in [4.69, 9.17) is 0 Å². The number of hydrogen-bond donors (Lipinski definition) is 2. The van der Waals surface area contributed by atoms with E-state index in [1.54, 1.807) is 0 Å². The zero-order valence-electron chi connectivity index (χ0n) is 8.51. The first-order chi connectivity index (χ1) is 6.74. The molecule has 1 saturated heterocycles. The topological polar surface area (TPSA) is 61.4 Å². The molecule has 3 amide bonds. The van der Waals surface area contributed by atoms with Gasteiger partial charge in [-0.15, -0.1) is 0 Å². The lowest BCUT2D eigenvalue weighted by molar-refractivity contribution is -0.121. The van der Waals surface area contributed by atoms with Crippen LogP contribution in [0.25, 0.3) is 0 Å². The highest BCUT2D eigenvalue weighted by Crippen LogP contribution is 1.97. The molecule has 0 spiro atoms. The molecule has 2 N–H and O–H groups in total. The van der Waals surface area contributed by atoms with Crippen molar-refractivity contribution >= 4 is 11.9 Å². The van der Waals surface area contributed by atoms with Gasteiger partial charge < -0.3 is 15.5 Å². The summed E-state index contributed by atoms with van der Waals surface area (Å²) in [6.07, 6.45) is 1.82. The fourth-order valence-corrected chi connectivity index (χ4v) is 1.32. The molecule has 5 nitrogen and oxygen atoms in total. The Morgan fingerprint density at radius 2 is 2.43 bits per heavy atom. The number of rotatable bonds is 4. The van der Waals surface area contributed by atoms with E-state index in [0.717, 1.165) is 12.8 Å². The summed E-state index contributed by atoms with van der Waals surface area (Å²) in [5, 5.41) is 5.44. The Hall–Kier alpha value is -1.26. The molecule has 0 atom stereocenters. The molecule has 1 aliphatic heterocycles. The van der Waals surface area contributed by atoms with Crippen LogP contribution < -0.4 is 10.6 Å². The highest BCUT2D eigenvalue weighted by molar-refractivity contribution is 5.84. The fraction of sp³-hybridized carbons (Fsp3) is 0.778. The molecular weight excluding hydrogens is 182 g/mol. The zero-order chi connectivity index (χ0) is 10.4. The Balaban J connectivity index is 2.27. The molecule has 0 saturated carbocycles. The lowest BCUT2D eigenvalue weighted by atomic mass is 10.3. The standard InChI is InChI=1S/C9H17N3O2/c1-2-4-10-8(13)7-12-6-3-5-11-9(12)14/h2-7H2,1H3,(H,10,13)(H,11,14). The van der Waals surface area contributed by atoms with E-state index >= 15 is 0 Å². The second kappa shape index (κ2) is 5.47. The maximum absolute atomic E-state index is 11.3. The van der Waals surface area contributed by atoms with Crippen molar-refractivity contribution in [1.29, 1.82) is 0 Å². The predicted molar refractivity (Wildman–Crippen MR) is 52.9 cm³/mol. The molecule has 80 valence electrons. The minimum Gasteiger partial charge on any atom is -0.355 e. The van der Waals surface area contributed by atoms with E-state index in [-0.39, 0.29) is 18.5 Å². The van der Waals surface area contributed by atoms with Crippen molar-refractivity contribution < 1.29 is 9.59 Å². The van der Waals surface area contributed by atoms with Crippen molar-refractivity contribution in [3.63, 3.8) is 0 Å². The van der Waals surface area contributed by atoms with Crippen LogP contribution in [-0.2, 0) is 4.79 Å². The molecule has 1 heterocycles. The molecule has 1 fully saturated rings. The summed E-state index contributed by atoms with van der Waals surface area (Å²) < 4.78 is 0. The van der Waals surface area contributed by atoms with Gasteiger partial charge in [0.1, 0.15) is 6.54 Å². The minimum atomic E-state index is -0.136. The van der Waals surface area contributed by atoms with E-state index in [0.29, 0.717) is 19.6 Å². The number of urea groups is 1. The second-order valence-electron chi connectivity index (χ2n) is 3.36. The van der Waals surface area contributed by atoms with E-state index in [2.05, 4.69) is 10.6 Å². The summed E-state index contributed by atoms with van der Waals surface area (Å²) in [5.41, 5.74) is 0. The first-order valence-electron chi connectivity index (χ1n) is 5.03. The normalized spacial score (nSPS) is 16.4. The zero-order valence-corrected chi connectivity index (χ0v) is 8.51. The smallest absolute Gasteiger partial charge is 0.317 e. The lowest BCUT2D eigenvalue weighted by Gasteiger charge is -2.26. The molecule has 14 heavy (non-hydrogen) atoms.